The third kappa shape index (κ3) is 1.56. The molecule has 0 bridgehead atoms. The van der Waals surface area contributed by atoms with Gasteiger partial charge in [0.15, 0.2) is 0 Å². The molecule has 5 heteroatoms. The molecule has 0 radical (unpaired) electrons. The average molecular weight is 264 g/mol. The van der Waals surface area contributed by atoms with Gasteiger partial charge in [0.25, 0.3) is 5.56 Å². The zero-order valence-electron chi connectivity index (χ0n) is 9.28. The van der Waals surface area contributed by atoms with Crippen molar-refractivity contribution in [2.24, 2.45) is 0 Å². The molecule has 0 amide bonds. The van der Waals surface area contributed by atoms with E-state index in [9.17, 15) is 4.79 Å². The van der Waals surface area contributed by atoms with Crippen molar-refractivity contribution in [3.8, 4) is 0 Å². The zero-order chi connectivity index (χ0) is 11.4. The molecule has 1 aliphatic heterocycles. The van der Waals surface area contributed by atoms with E-state index in [-0.39, 0.29) is 5.56 Å². The highest BCUT2D eigenvalue weighted by Gasteiger charge is 2.28. The van der Waals surface area contributed by atoms with E-state index >= 15 is 0 Å². The van der Waals surface area contributed by atoms with Gasteiger partial charge >= 0.3 is 0 Å². The lowest BCUT2D eigenvalue weighted by atomic mass is 10.1. The Morgan fingerprint density at radius 2 is 2.24 bits per heavy atom. The Kier molecular flexibility index (Phi) is 2.14. The van der Waals surface area contributed by atoms with Gasteiger partial charge in [0.2, 0.25) is 0 Å². The first-order valence-electron chi connectivity index (χ1n) is 6.01. The largest absolute Gasteiger partial charge is 0.310 e. The first-order valence-corrected chi connectivity index (χ1v) is 7.81. The van der Waals surface area contributed by atoms with Crippen LogP contribution >= 0.6 is 23.1 Å². The summed E-state index contributed by atoms with van der Waals surface area (Å²) in [5, 5.41) is 0.863. The van der Waals surface area contributed by atoms with Crippen LogP contribution in [0.25, 0.3) is 10.2 Å². The predicted molar refractivity (Wildman–Crippen MR) is 71.3 cm³/mol. The maximum absolute atomic E-state index is 12.2. The highest BCUT2D eigenvalue weighted by atomic mass is 32.2. The molecular weight excluding hydrogens is 252 g/mol. The van der Waals surface area contributed by atoms with Gasteiger partial charge in [-0.1, -0.05) is 0 Å². The van der Waals surface area contributed by atoms with Gasteiger partial charge in [-0.05, 0) is 37.0 Å². The molecule has 1 saturated carbocycles. The first-order chi connectivity index (χ1) is 8.33. The number of H-pyrrole nitrogens is 1. The lowest BCUT2D eigenvalue weighted by Crippen LogP contribution is -2.12. The van der Waals surface area contributed by atoms with Crippen LogP contribution in [0.15, 0.2) is 9.00 Å². The molecule has 0 atom stereocenters. The number of fused-ring (bicyclic) bond motifs is 3. The summed E-state index contributed by atoms with van der Waals surface area (Å²) in [6.45, 7) is 0. The van der Waals surface area contributed by atoms with Crippen LogP contribution in [0.5, 0.6) is 0 Å². The molecule has 1 aliphatic carbocycles. The standard InChI is InChI=1S/C12H12N2OS2/c15-10-8-7-2-1-5-16-12(7)17-11(8)14-9(13-10)6-3-4-6/h6H,1-5H2,(H,13,14,15). The van der Waals surface area contributed by atoms with Crippen molar-refractivity contribution in [2.45, 2.75) is 35.8 Å². The van der Waals surface area contributed by atoms with Gasteiger partial charge in [0, 0.05) is 5.92 Å². The molecule has 17 heavy (non-hydrogen) atoms. The summed E-state index contributed by atoms with van der Waals surface area (Å²) in [7, 11) is 0. The summed E-state index contributed by atoms with van der Waals surface area (Å²) in [6.07, 6.45) is 4.56. The van der Waals surface area contributed by atoms with E-state index in [1.807, 2.05) is 11.8 Å². The summed E-state index contributed by atoms with van der Waals surface area (Å²) < 4.78 is 1.32. The number of aryl methyl sites for hydroxylation is 1. The van der Waals surface area contributed by atoms with E-state index in [1.165, 1.54) is 34.8 Å². The zero-order valence-corrected chi connectivity index (χ0v) is 10.9. The summed E-state index contributed by atoms with van der Waals surface area (Å²) in [5.74, 6) is 2.60. The Bertz CT molecular complexity index is 654. The normalized spacial score (nSPS) is 19.5. The Morgan fingerprint density at radius 1 is 1.35 bits per heavy atom. The predicted octanol–water partition coefficient (Wildman–Crippen LogP) is 2.90. The number of nitrogens with one attached hydrogen (secondary N) is 1. The van der Waals surface area contributed by atoms with Crippen LogP contribution in [-0.4, -0.2) is 15.7 Å². The van der Waals surface area contributed by atoms with Gasteiger partial charge < -0.3 is 4.98 Å². The first kappa shape index (κ1) is 10.1. The van der Waals surface area contributed by atoms with Crippen molar-refractivity contribution < 1.29 is 0 Å². The number of thioether (sulfide) groups is 1. The molecule has 2 aromatic rings. The molecular formula is C12H12N2OS2. The van der Waals surface area contributed by atoms with E-state index in [1.54, 1.807) is 11.3 Å². The molecule has 4 rings (SSSR count). The minimum atomic E-state index is 0.0805. The van der Waals surface area contributed by atoms with Crippen LogP contribution in [0.4, 0.5) is 0 Å². The van der Waals surface area contributed by atoms with Crippen LogP contribution < -0.4 is 5.56 Å². The molecule has 3 heterocycles. The van der Waals surface area contributed by atoms with E-state index in [2.05, 4.69) is 9.97 Å². The van der Waals surface area contributed by atoms with E-state index in [4.69, 9.17) is 0 Å². The molecule has 88 valence electrons. The van der Waals surface area contributed by atoms with Gasteiger partial charge in [-0.15, -0.1) is 23.1 Å². The lowest BCUT2D eigenvalue weighted by molar-refractivity contribution is 0.903. The van der Waals surface area contributed by atoms with Crippen molar-refractivity contribution in [3.63, 3.8) is 0 Å². The Balaban J connectivity index is 2.01. The fourth-order valence-corrected chi connectivity index (χ4v) is 4.91. The molecule has 1 N–H and O–H groups in total. The van der Waals surface area contributed by atoms with Gasteiger partial charge in [0.05, 0.1) is 9.60 Å². The monoisotopic (exact) mass is 264 g/mol. The Labute approximate surface area is 107 Å². The number of rotatable bonds is 1. The minimum absolute atomic E-state index is 0.0805. The topological polar surface area (TPSA) is 45.8 Å². The molecule has 2 aromatic heterocycles. The smallest absolute Gasteiger partial charge is 0.259 e. The van der Waals surface area contributed by atoms with Crippen LogP contribution in [-0.2, 0) is 6.42 Å². The van der Waals surface area contributed by atoms with Gasteiger partial charge in [-0.3, -0.25) is 4.79 Å². The number of aromatic amines is 1. The maximum Gasteiger partial charge on any atom is 0.259 e. The SMILES string of the molecule is O=c1[nH]c(C2CC2)nc2sc3c(c12)CCCS3. The fourth-order valence-electron chi connectivity index (χ4n) is 2.37. The lowest BCUT2D eigenvalue weighted by Gasteiger charge is -2.09. The number of hydrogen-bond donors (Lipinski definition) is 1. The third-order valence-corrected chi connectivity index (χ3v) is 5.94. The van der Waals surface area contributed by atoms with Gasteiger partial charge in [-0.25, -0.2) is 4.98 Å². The Morgan fingerprint density at radius 3 is 3.06 bits per heavy atom. The number of aromatic nitrogens is 2. The molecule has 0 saturated heterocycles. The molecule has 0 spiro atoms. The van der Waals surface area contributed by atoms with Gasteiger partial charge in [-0.2, -0.15) is 0 Å². The summed E-state index contributed by atoms with van der Waals surface area (Å²) in [4.78, 5) is 20.8. The molecule has 2 aliphatic rings. The maximum atomic E-state index is 12.2. The van der Waals surface area contributed by atoms with Crippen molar-refractivity contribution in [2.75, 3.05) is 5.75 Å². The van der Waals surface area contributed by atoms with Crippen molar-refractivity contribution in [1.29, 1.82) is 0 Å². The van der Waals surface area contributed by atoms with Crippen molar-refractivity contribution in [3.05, 3.63) is 21.7 Å². The summed E-state index contributed by atoms with van der Waals surface area (Å²) >= 11 is 3.58. The Hall–Kier alpha value is -0.810. The second kappa shape index (κ2) is 3.59. The minimum Gasteiger partial charge on any atom is -0.310 e. The third-order valence-electron chi connectivity index (χ3n) is 3.41. The second-order valence-corrected chi connectivity index (χ2v) is 7.09. The highest BCUT2D eigenvalue weighted by Crippen LogP contribution is 2.42. The summed E-state index contributed by atoms with van der Waals surface area (Å²) in [6, 6.07) is 0. The van der Waals surface area contributed by atoms with Crippen LogP contribution in [0.3, 0.4) is 0 Å². The average Bonchev–Trinajstić information content (AvgIpc) is 3.09. The second-order valence-electron chi connectivity index (χ2n) is 4.73. The molecule has 0 unspecified atom stereocenters. The number of thiophene rings is 1. The fraction of sp³-hybridized carbons (Fsp3) is 0.500. The van der Waals surface area contributed by atoms with E-state index in [0.29, 0.717) is 5.92 Å². The number of nitrogens with zero attached hydrogens (tertiary/aromatic N) is 1. The molecule has 3 nitrogen and oxygen atoms in total. The quantitative estimate of drug-likeness (QED) is 0.861. The van der Waals surface area contributed by atoms with E-state index < -0.39 is 0 Å². The van der Waals surface area contributed by atoms with Crippen molar-refractivity contribution >= 4 is 33.3 Å². The number of hydrogen-bond acceptors (Lipinski definition) is 4. The van der Waals surface area contributed by atoms with Crippen LogP contribution in [0.2, 0.25) is 0 Å². The molecule has 1 fully saturated rings. The summed E-state index contributed by atoms with van der Waals surface area (Å²) in [5.41, 5.74) is 1.33. The van der Waals surface area contributed by atoms with Crippen molar-refractivity contribution in [1.82, 2.24) is 9.97 Å². The van der Waals surface area contributed by atoms with E-state index in [0.717, 1.165) is 22.5 Å². The van der Waals surface area contributed by atoms with Crippen LogP contribution in [0, 0.1) is 0 Å². The van der Waals surface area contributed by atoms with Gasteiger partial charge in [0.1, 0.15) is 10.7 Å². The highest BCUT2D eigenvalue weighted by molar-refractivity contribution is 8.01. The molecule has 0 aromatic carbocycles. The van der Waals surface area contributed by atoms with Crippen LogP contribution in [0.1, 0.15) is 36.6 Å².